The first-order chi connectivity index (χ1) is 16.2. The number of hydrogen-bond donors (Lipinski definition) is 2. The molecule has 1 aliphatic rings. The summed E-state index contributed by atoms with van der Waals surface area (Å²) in [6, 6.07) is 4.61. The second-order valence-electron chi connectivity index (χ2n) is 8.53. The van der Waals surface area contributed by atoms with Crippen molar-refractivity contribution in [1.82, 2.24) is 9.78 Å². The minimum absolute atomic E-state index is 0.197. The molecule has 0 spiro atoms. The van der Waals surface area contributed by atoms with Crippen molar-refractivity contribution in [3.8, 4) is 0 Å². The Hall–Kier alpha value is -2.49. The van der Waals surface area contributed by atoms with E-state index in [9.17, 15) is 9.18 Å². The van der Waals surface area contributed by atoms with Gasteiger partial charge in [-0.05, 0) is 68.9 Å². The summed E-state index contributed by atoms with van der Waals surface area (Å²) in [5.74, 6) is -0.161. The van der Waals surface area contributed by atoms with Crippen LogP contribution in [-0.2, 0) is 24.1 Å². The summed E-state index contributed by atoms with van der Waals surface area (Å²) in [6.45, 7) is 6.15. The summed E-state index contributed by atoms with van der Waals surface area (Å²) in [7, 11) is 1.39. The predicted octanol–water partition coefficient (Wildman–Crippen LogP) is 6.12. The fraction of sp³-hybridized carbons (Fsp3) is 0.375. The fourth-order valence-electron chi connectivity index (χ4n) is 4.27. The number of hydrogen-bond acceptors (Lipinski definition) is 5. The molecule has 0 aliphatic heterocycles. The van der Waals surface area contributed by atoms with Crippen LogP contribution in [0.25, 0.3) is 0 Å². The number of benzene rings is 1. The van der Waals surface area contributed by atoms with Gasteiger partial charge in [-0.1, -0.05) is 24.6 Å². The third kappa shape index (κ3) is 4.82. The molecule has 10 heteroatoms. The number of aryl methyl sites for hydroxylation is 1. The van der Waals surface area contributed by atoms with Crippen LogP contribution in [0.2, 0.25) is 5.02 Å². The SMILES string of the molecule is COC(=O)c1c(NC(=S)Nc2c(C)nn(Cc3c(F)cccc3Cl)c2C)sc2c1CC[C@H](C)C2. The Labute approximate surface area is 212 Å². The molecule has 1 aromatic carbocycles. The molecule has 0 amide bonds. The van der Waals surface area contributed by atoms with Gasteiger partial charge < -0.3 is 15.4 Å². The third-order valence-electron chi connectivity index (χ3n) is 6.12. The number of carbonyl (C=O) groups excluding carboxylic acids is 1. The number of halogens is 2. The zero-order valence-corrected chi connectivity index (χ0v) is 21.8. The zero-order valence-electron chi connectivity index (χ0n) is 19.4. The van der Waals surface area contributed by atoms with Crippen LogP contribution in [0.15, 0.2) is 18.2 Å². The van der Waals surface area contributed by atoms with Gasteiger partial charge in [0.05, 0.1) is 36.3 Å². The van der Waals surface area contributed by atoms with Gasteiger partial charge in [-0.3, -0.25) is 4.68 Å². The number of thiophene rings is 1. The number of rotatable bonds is 5. The molecule has 0 saturated carbocycles. The van der Waals surface area contributed by atoms with Crippen LogP contribution in [-0.4, -0.2) is 28.0 Å². The highest BCUT2D eigenvalue weighted by atomic mass is 35.5. The number of nitrogens with zero attached hydrogens (tertiary/aromatic N) is 2. The number of anilines is 2. The fourth-order valence-corrected chi connectivity index (χ4v) is 6.16. The monoisotopic (exact) mass is 520 g/mol. The molecule has 34 heavy (non-hydrogen) atoms. The standard InChI is InChI=1S/C24H26ClFN4O2S2/c1-12-8-9-15-19(10-12)34-22(20(15)23(31)32-4)28-24(33)27-21-13(2)29-30(14(21)3)11-16-17(25)6-5-7-18(16)26/h5-7,12H,8-11H2,1-4H3,(H2,27,28,33)/t12-/m0/s1. The van der Waals surface area contributed by atoms with E-state index in [0.717, 1.165) is 36.2 Å². The first-order valence-corrected chi connectivity index (χ1v) is 12.6. The minimum atomic E-state index is -0.377. The second kappa shape index (κ2) is 10.0. The molecule has 0 fully saturated rings. The quantitative estimate of drug-likeness (QED) is 0.312. The second-order valence-corrected chi connectivity index (χ2v) is 10.5. The van der Waals surface area contributed by atoms with Gasteiger partial charge in [0.2, 0.25) is 0 Å². The number of methoxy groups -OCH3 is 1. The van der Waals surface area contributed by atoms with E-state index in [0.29, 0.717) is 37.9 Å². The first kappa shape index (κ1) is 24.6. The van der Waals surface area contributed by atoms with E-state index in [1.54, 1.807) is 28.2 Å². The number of esters is 1. The van der Waals surface area contributed by atoms with Crippen molar-refractivity contribution < 1.29 is 13.9 Å². The van der Waals surface area contributed by atoms with E-state index < -0.39 is 0 Å². The van der Waals surface area contributed by atoms with Crippen LogP contribution < -0.4 is 10.6 Å². The van der Waals surface area contributed by atoms with Gasteiger partial charge in [-0.25, -0.2) is 9.18 Å². The zero-order chi connectivity index (χ0) is 24.6. The Bertz CT molecular complexity index is 1250. The summed E-state index contributed by atoms with van der Waals surface area (Å²) in [5, 5.41) is 12.3. The Kier molecular flexibility index (Phi) is 7.25. The topological polar surface area (TPSA) is 68.2 Å². The number of carbonyl (C=O) groups is 1. The number of aromatic nitrogens is 2. The summed E-state index contributed by atoms with van der Waals surface area (Å²) in [4.78, 5) is 13.8. The summed E-state index contributed by atoms with van der Waals surface area (Å²) in [6.07, 6.45) is 2.83. The minimum Gasteiger partial charge on any atom is -0.465 e. The Morgan fingerprint density at radius 2 is 2.15 bits per heavy atom. The van der Waals surface area contributed by atoms with Crippen LogP contribution in [0.1, 0.15) is 51.1 Å². The van der Waals surface area contributed by atoms with Gasteiger partial charge in [0.15, 0.2) is 5.11 Å². The lowest BCUT2D eigenvalue weighted by Crippen LogP contribution is -2.21. The average Bonchev–Trinajstić information content (AvgIpc) is 3.26. The highest BCUT2D eigenvalue weighted by Crippen LogP contribution is 2.40. The van der Waals surface area contributed by atoms with Crippen molar-refractivity contribution in [3.05, 3.63) is 62.0 Å². The van der Waals surface area contributed by atoms with Crippen LogP contribution >= 0.6 is 35.2 Å². The molecule has 2 heterocycles. The average molecular weight is 521 g/mol. The van der Waals surface area contributed by atoms with Crippen molar-refractivity contribution in [2.24, 2.45) is 5.92 Å². The van der Waals surface area contributed by atoms with Crippen molar-refractivity contribution in [2.75, 3.05) is 17.7 Å². The van der Waals surface area contributed by atoms with Crippen molar-refractivity contribution in [1.29, 1.82) is 0 Å². The highest BCUT2D eigenvalue weighted by Gasteiger charge is 2.28. The molecule has 0 bridgehead atoms. The lowest BCUT2D eigenvalue weighted by atomic mass is 9.88. The van der Waals surface area contributed by atoms with Crippen molar-refractivity contribution >= 4 is 56.9 Å². The molecule has 3 aromatic rings. The Balaban J connectivity index is 1.56. The number of thiocarbonyl (C=S) groups is 1. The van der Waals surface area contributed by atoms with Gasteiger partial charge in [-0.15, -0.1) is 11.3 Å². The molecular weight excluding hydrogens is 495 g/mol. The molecule has 0 radical (unpaired) electrons. The van der Waals surface area contributed by atoms with Crippen LogP contribution in [0.5, 0.6) is 0 Å². The summed E-state index contributed by atoms with van der Waals surface area (Å²) >= 11 is 13.3. The molecule has 2 aromatic heterocycles. The van der Waals surface area contributed by atoms with Crippen LogP contribution in [0.4, 0.5) is 15.1 Å². The third-order valence-corrected chi connectivity index (χ3v) is 7.85. The molecule has 180 valence electrons. The molecule has 4 rings (SSSR count). The largest absolute Gasteiger partial charge is 0.465 e. The predicted molar refractivity (Wildman–Crippen MR) is 139 cm³/mol. The maximum atomic E-state index is 14.3. The highest BCUT2D eigenvalue weighted by molar-refractivity contribution is 7.80. The summed E-state index contributed by atoms with van der Waals surface area (Å²) < 4.78 is 21.0. The first-order valence-electron chi connectivity index (χ1n) is 11.0. The van der Waals surface area contributed by atoms with E-state index in [1.165, 1.54) is 18.1 Å². The van der Waals surface area contributed by atoms with Gasteiger partial charge in [-0.2, -0.15) is 5.10 Å². The van der Waals surface area contributed by atoms with Crippen LogP contribution in [0, 0.1) is 25.6 Å². The Morgan fingerprint density at radius 1 is 1.38 bits per heavy atom. The van der Waals surface area contributed by atoms with Gasteiger partial charge >= 0.3 is 5.97 Å². The van der Waals surface area contributed by atoms with E-state index in [1.807, 2.05) is 13.8 Å². The molecular formula is C24H26ClFN4O2S2. The maximum absolute atomic E-state index is 14.3. The molecule has 1 atom stereocenters. The van der Waals surface area contributed by atoms with E-state index in [-0.39, 0.29) is 18.3 Å². The molecule has 0 unspecified atom stereocenters. The smallest absolute Gasteiger partial charge is 0.341 e. The number of fused-ring (bicyclic) bond motifs is 1. The van der Waals surface area contributed by atoms with Gasteiger partial charge in [0, 0.05) is 15.5 Å². The summed E-state index contributed by atoms with van der Waals surface area (Å²) in [5.41, 5.74) is 4.22. The maximum Gasteiger partial charge on any atom is 0.341 e. The van der Waals surface area contributed by atoms with Gasteiger partial charge in [0.1, 0.15) is 10.8 Å². The normalized spacial score (nSPS) is 15.1. The van der Waals surface area contributed by atoms with Crippen molar-refractivity contribution in [2.45, 2.75) is 46.6 Å². The lowest BCUT2D eigenvalue weighted by Gasteiger charge is -2.18. The molecule has 6 nitrogen and oxygen atoms in total. The van der Waals surface area contributed by atoms with Gasteiger partial charge in [0.25, 0.3) is 0 Å². The van der Waals surface area contributed by atoms with Crippen molar-refractivity contribution in [3.63, 3.8) is 0 Å². The molecule has 1 aliphatic carbocycles. The number of ether oxygens (including phenoxy) is 1. The Morgan fingerprint density at radius 3 is 2.85 bits per heavy atom. The van der Waals surface area contributed by atoms with E-state index in [4.69, 9.17) is 28.6 Å². The van der Waals surface area contributed by atoms with Crippen LogP contribution in [0.3, 0.4) is 0 Å². The lowest BCUT2D eigenvalue weighted by molar-refractivity contribution is 0.0601. The molecule has 2 N–H and O–H groups in total. The number of nitrogens with one attached hydrogen (secondary N) is 2. The van der Waals surface area contributed by atoms with E-state index in [2.05, 4.69) is 22.7 Å². The van der Waals surface area contributed by atoms with E-state index >= 15 is 0 Å². The molecule has 0 saturated heterocycles.